The maximum Gasteiger partial charge on any atom is 0.0596 e. The SMILES string of the molecule is Cc1cc(CC(N)CSCC(C)C)n(C)n1. The van der Waals surface area contributed by atoms with Crippen LogP contribution in [-0.4, -0.2) is 27.3 Å². The zero-order valence-electron chi connectivity index (χ0n) is 10.7. The fraction of sp³-hybridized carbons (Fsp3) is 0.750. The van der Waals surface area contributed by atoms with Crippen LogP contribution >= 0.6 is 11.8 Å². The lowest BCUT2D eigenvalue weighted by atomic mass is 10.2. The fourth-order valence-electron chi connectivity index (χ4n) is 1.64. The van der Waals surface area contributed by atoms with Crippen molar-refractivity contribution in [1.29, 1.82) is 0 Å². The van der Waals surface area contributed by atoms with E-state index < -0.39 is 0 Å². The molecule has 0 aromatic carbocycles. The molecule has 0 saturated carbocycles. The summed E-state index contributed by atoms with van der Waals surface area (Å²) in [6, 6.07) is 2.35. The summed E-state index contributed by atoms with van der Waals surface area (Å²) in [5.74, 6) is 2.97. The van der Waals surface area contributed by atoms with Crippen LogP contribution < -0.4 is 5.73 Å². The molecule has 16 heavy (non-hydrogen) atoms. The van der Waals surface area contributed by atoms with Crippen molar-refractivity contribution in [2.75, 3.05) is 11.5 Å². The second-order valence-corrected chi connectivity index (χ2v) is 5.87. The van der Waals surface area contributed by atoms with Crippen LogP contribution in [-0.2, 0) is 13.5 Å². The van der Waals surface area contributed by atoms with Crippen molar-refractivity contribution in [3.05, 3.63) is 17.5 Å². The normalized spacial score (nSPS) is 13.4. The number of hydrogen-bond acceptors (Lipinski definition) is 3. The van der Waals surface area contributed by atoms with Gasteiger partial charge in [-0.2, -0.15) is 16.9 Å². The Morgan fingerprint density at radius 2 is 2.12 bits per heavy atom. The summed E-state index contributed by atoms with van der Waals surface area (Å²) in [6.07, 6.45) is 0.919. The largest absolute Gasteiger partial charge is 0.327 e. The predicted octanol–water partition coefficient (Wildman–Crippen LogP) is 1.99. The summed E-state index contributed by atoms with van der Waals surface area (Å²) in [6.45, 7) is 6.49. The van der Waals surface area contributed by atoms with E-state index in [0.29, 0.717) is 0 Å². The number of aromatic nitrogens is 2. The first-order valence-electron chi connectivity index (χ1n) is 5.82. The van der Waals surface area contributed by atoms with E-state index in [1.165, 1.54) is 11.4 Å². The molecule has 0 radical (unpaired) electrons. The monoisotopic (exact) mass is 241 g/mol. The quantitative estimate of drug-likeness (QED) is 0.828. The lowest BCUT2D eigenvalue weighted by molar-refractivity contribution is 0.651. The lowest BCUT2D eigenvalue weighted by Crippen LogP contribution is -2.27. The van der Waals surface area contributed by atoms with Gasteiger partial charge in [-0.05, 0) is 24.7 Å². The summed E-state index contributed by atoms with van der Waals surface area (Å²) in [5, 5.41) is 4.33. The minimum atomic E-state index is 0.235. The van der Waals surface area contributed by atoms with Gasteiger partial charge in [0.1, 0.15) is 0 Å². The second kappa shape index (κ2) is 6.30. The number of nitrogens with zero attached hydrogens (tertiary/aromatic N) is 2. The first-order valence-corrected chi connectivity index (χ1v) is 6.97. The maximum absolute atomic E-state index is 6.11. The average molecular weight is 241 g/mol. The Labute approximate surface area is 103 Å². The van der Waals surface area contributed by atoms with Gasteiger partial charge in [0.25, 0.3) is 0 Å². The van der Waals surface area contributed by atoms with Gasteiger partial charge in [0, 0.05) is 31.0 Å². The van der Waals surface area contributed by atoms with Crippen LogP contribution in [0.1, 0.15) is 25.2 Å². The molecule has 2 N–H and O–H groups in total. The molecule has 4 heteroatoms. The second-order valence-electron chi connectivity index (χ2n) is 4.80. The molecule has 0 fully saturated rings. The van der Waals surface area contributed by atoms with E-state index in [2.05, 4.69) is 25.0 Å². The molecule has 0 spiro atoms. The highest BCUT2D eigenvalue weighted by Crippen LogP contribution is 2.11. The van der Waals surface area contributed by atoms with Crippen molar-refractivity contribution < 1.29 is 0 Å². The van der Waals surface area contributed by atoms with Crippen LogP contribution in [0.15, 0.2) is 6.07 Å². The van der Waals surface area contributed by atoms with E-state index in [-0.39, 0.29) is 6.04 Å². The average Bonchev–Trinajstić information content (AvgIpc) is 2.44. The van der Waals surface area contributed by atoms with E-state index in [0.717, 1.165) is 23.8 Å². The van der Waals surface area contributed by atoms with Gasteiger partial charge in [-0.1, -0.05) is 13.8 Å². The molecule has 1 rings (SSSR count). The molecule has 92 valence electrons. The van der Waals surface area contributed by atoms with E-state index >= 15 is 0 Å². The highest BCUT2D eigenvalue weighted by Gasteiger charge is 2.09. The minimum Gasteiger partial charge on any atom is -0.327 e. The molecule has 1 aromatic rings. The highest BCUT2D eigenvalue weighted by molar-refractivity contribution is 7.99. The molecule has 0 aliphatic heterocycles. The molecule has 0 aliphatic carbocycles. The van der Waals surface area contributed by atoms with Gasteiger partial charge >= 0.3 is 0 Å². The lowest BCUT2D eigenvalue weighted by Gasteiger charge is -2.12. The summed E-state index contributed by atoms with van der Waals surface area (Å²) in [4.78, 5) is 0. The summed E-state index contributed by atoms with van der Waals surface area (Å²) >= 11 is 1.95. The molecular weight excluding hydrogens is 218 g/mol. The number of aryl methyl sites for hydroxylation is 2. The van der Waals surface area contributed by atoms with E-state index in [9.17, 15) is 0 Å². The zero-order valence-corrected chi connectivity index (χ0v) is 11.5. The molecule has 3 nitrogen and oxygen atoms in total. The van der Waals surface area contributed by atoms with Crippen LogP contribution in [0.4, 0.5) is 0 Å². The Morgan fingerprint density at radius 3 is 2.62 bits per heavy atom. The van der Waals surface area contributed by atoms with Crippen molar-refractivity contribution in [2.24, 2.45) is 18.7 Å². The number of nitrogens with two attached hydrogens (primary N) is 1. The topological polar surface area (TPSA) is 43.8 Å². The molecule has 0 saturated heterocycles. The van der Waals surface area contributed by atoms with Gasteiger partial charge in [0.05, 0.1) is 5.69 Å². The van der Waals surface area contributed by atoms with Gasteiger partial charge < -0.3 is 5.73 Å². The Balaban J connectivity index is 2.34. The Bertz CT molecular complexity index is 320. The van der Waals surface area contributed by atoms with Gasteiger partial charge in [-0.25, -0.2) is 0 Å². The van der Waals surface area contributed by atoms with Crippen LogP contribution in [0.2, 0.25) is 0 Å². The number of rotatable bonds is 6. The van der Waals surface area contributed by atoms with Gasteiger partial charge in [-0.15, -0.1) is 0 Å². The molecule has 1 aromatic heterocycles. The van der Waals surface area contributed by atoms with Crippen molar-refractivity contribution in [3.63, 3.8) is 0 Å². The van der Waals surface area contributed by atoms with E-state index in [1.807, 2.05) is 30.4 Å². The van der Waals surface area contributed by atoms with Gasteiger partial charge in [0.15, 0.2) is 0 Å². The Morgan fingerprint density at radius 1 is 1.44 bits per heavy atom. The van der Waals surface area contributed by atoms with Crippen LogP contribution in [0.5, 0.6) is 0 Å². The maximum atomic E-state index is 6.11. The zero-order chi connectivity index (χ0) is 12.1. The molecule has 0 aliphatic rings. The molecule has 1 heterocycles. The van der Waals surface area contributed by atoms with Crippen molar-refractivity contribution in [1.82, 2.24) is 9.78 Å². The Hall–Kier alpha value is -0.480. The standard InChI is InChI=1S/C12H23N3S/c1-9(2)7-16-8-11(13)6-12-5-10(3)14-15(12)4/h5,9,11H,6-8,13H2,1-4H3. The molecule has 1 unspecified atom stereocenters. The highest BCUT2D eigenvalue weighted by atomic mass is 32.2. The Kier molecular flexibility index (Phi) is 5.35. The van der Waals surface area contributed by atoms with E-state index in [4.69, 9.17) is 5.73 Å². The van der Waals surface area contributed by atoms with Crippen molar-refractivity contribution >= 4 is 11.8 Å². The van der Waals surface area contributed by atoms with Crippen LogP contribution in [0.3, 0.4) is 0 Å². The van der Waals surface area contributed by atoms with Crippen molar-refractivity contribution in [3.8, 4) is 0 Å². The summed E-state index contributed by atoms with van der Waals surface area (Å²) in [5.41, 5.74) is 8.41. The third-order valence-electron chi connectivity index (χ3n) is 2.35. The molecule has 0 bridgehead atoms. The first-order chi connectivity index (χ1) is 7.49. The fourth-order valence-corrected chi connectivity index (χ4v) is 2.67. The smallest absolute Gasteiger partial charge is 0.0596 e. The summed E-state index contributed by atoms with van der Waals surface area (Å²) < 4.78 is 1.93. The number of thioether (sulfide) groups is 1. The molecule has 0 amide bonds. The third kappa shape index (κ3) is 4.58. The minimum absolute atomic E-state index is 0.235. The van der Waals surface area contributed by atoms with Crippen LogP contribution in [0, 0.1) is 12.8 Å². The van der Waals surface area contributed by atoms with E-state index in [1.54, 1.807) is 0 Å². The third-order valence-corrected chi connectivity index (χ3v) is 3.92. The first kappa shape index (κ1) is 13.6. The molecule has 1 atom stereocenters. The predicted molar refractivity (Wildman–Crippen MR) is 71.8 cm³/mol. The van der Waals surface area contributed by atoms with Gasteiger partial charge in [0.2, 0.25) is 0 Å². The van der Waals surface area contributed by atoms with Crippen LogP contribution in [0.25, 0.3) is 0 Å². The van der Waals surface area contributed by atoms with Crippen molar-refractivity contribution in [2.45, 2.75) is 33.2 Å². The van der Waals surface area contributed by atoms with Gasteiger partial charge in [-0.3, -0.25) is 4.68 Å². The number of hydrogen-bond donors (Lipinski definition) is 1. The summed E-state index contributed by atoms with van der Waals surface area (Å²) in [7, 11) is 1.98. The molecular formula is C12H23N3S.